The molecule has 0 spiro atoms. The van der Waals surface area contributed by atoms with Gasteiger partial charge in [0.15, 0.2) is 5.82 Å². The summed E-state index contributed by atoms with van der Waals surface area (Å²) in [6.45, 7) is 1.20. The maximum atomic E-state index is 14.2. The number of carbonyl (C=O) groups excluding carboxylic acids is 2. The van der Waals surface area contributed by atoms with Crippen LogP contribution in [-0.2, 0) is 11.3 Å². The van der Waals surface area contributed by atoms with Gasteiger partial charge in [0.25, 0.3) is 5.91 Å². The Bertz CT molecular complexity index is 1170. The van der Waals surface area contributed by atoms with Crippen LogP contribution in [0.4, 0.5) is 4.39 Å². The van der Waals surface area contributed by atoms with Gasteiger partial charge >= 0.3 is 0 Å². The lowest BCUT2D eigenvalue weighted by atomic mass is 9.96. The third-order valence-electron chi connectivity index (χ3n) is 5.56. The highest BCUT2D eigenvalue weighted by molar-refractivity contribution is 6.30. The number of aromatic amines is 1. The van der Waals surface area contributed by atoms with E-state index in [2.05, 4.69) is 20.5 Å². The maximum Gasteiger partial charge on any atom is 0.271 e. The zero-order valence-corrected chi connectivity index (χ0v) is 18.7. The first-order valence-electron chi connectivity index (χ1n) is 10.5. The van der Waals surface area contributed by atoms with E-state index in [0.717, 1.165) is 11.8 Å². The smallest absolute Gasteiger partial charge is 0.271 e. The average Bonchev–Trinajstić information content (AvgIpc) is 3.32. The summed E-state index contributed by atoms with van der Waals surface area (Å²) in [5.41, 5.74) is 1.57. The standard InChI is InChI=1S/C23H23ClFN5O3/c1-33-21-9-17(18(25)12-26-21)19-10-20(29-28-19)23(32)30-7-3-5-15(13-30)22(31)27-11-14-4-2-6-16(24)8-14/h2,4,6,8-10,12,15H,3,5,7,11,13H2,1H3,(H,27,31)(H,28,29). The van der Waals surface area contributed by atoms with Crippen LogP contribution in [0, 0.1) is 11.7 Å². The number of nitrogens with one attached hydrogen (secondary N) is 2. The summed E-state index contributed by atoms with van der Waals surface area (Å²) in [6.07, 6.45) is 2.45. The molecule has 0 bridgehead atoms. The molecule has 3 heterocycles. The van der Waals surface area contributed by atoms with Gasteiger partial charge in [0.05, 0.1) is 24.9 Å². The Morgan fingerprint density at radius 2 is 2.18 bits per heavy atom. The molecule has 10 heteroatoms. The van der Waals surface area contributed by atoms with E-state index in [4.69, 9.17) is 16.3 Å². The molecule has 33 heavy (non-hydrogen) atoms. The number of amides is 2. The number of methoxy groups -OCH3 is 1. The number of carbonyl (C=O) groups is 2. The predicted molar refractivity (Wildman–Crippen MR) is 120 cm³/mol. The molecule has 1 aliphatic heterocycles. The number of likely N-dealkylation sites (tertiary alicyclic amines) is 1. The summed E-state index contributed by atoms with van der Waals surface area (Å²) < 4.78 is 19.2. The Morgan fingerprint density at radius 1 is 1.33 bits per heavy atom. The lowest BCUT2D eigenvalue weighted by Gasteiger charge is -2.31. The number of hydrogen-bond donors (Lipinski definition) is 2. The maximum absolute atomic E-state index is 14.2. The highest BCUT2D eigenvalue weighted by Crippen LogP contribution is 2.25. The first-order valence-corrected chi connectivity index (χ1v) is 10.9. The Labute approximate surface area is 195 Å². The van der Waals surface area contributed by atoms with Crippen molar-refractivity contribution in [3.8, 4) is 17.1 Å². The fourth-order valence-electron chi connectivity index (χ4n) is 3.82. The Balaban J connectivity index is 1.40. The van der Waals surface area contributed by atoms with E-state index in [1.54, 1.807) is 17.0 Å². The van der Waals surface area contributed by atoms with E-state index in [0.29, 0.717) is 37.5 Å². The molecule has 0 aliphatic carbocycles. The van der Waals surface area contributed by atoms with Crippen LogP contribution in [0.25, 0.3) is 11.3 Å². The van der Waals surface area contributed by atoms with Crippen LogP contribution in [-0.4, -0.2) is 52.1 Å². The van der Waals surface area contributed by atoms with E-state index in [1.165, 1.54) is 19.2 Å². The molecular formula is C23H23ClFN5O3. The van der Waals surface area contributed by atoms with Gasteiger partial charge in [-0.05, 0) is 36.6 Å². The molecule has 0 saturated carbocycles. The monoisotopic (exact) mass is 471 g/mol. The molecule has 172 valence electrons. The molecule has 2 N–H and O–H groups in total. The van der Waals surface area contributed by atoms with Crippen molar-refractivity contribution in [1.82, 2.24) is 25.4 Å². The molecule has 1 aliphatic rings. The molecule has 2 aromatic heterocycles. The van der Waals surface area contributed by atoms with Gasteiger partial charge in [-0.2, -0.15) is 5.10 Å². The number of piperidine rings is 1. The van der Waals surface area contributed by atoms with Crippen molar-refractivity contribution in [1.29, 1.82) is 0 Å². The van der Waals surface area contributed by atoms with E-state index in [1.807, 2.05) is 12.1 Å². The summed E-state index contributed by atoms with van der Waals surface area (Å²) in [4.78, 5) is 31.1. The Morgan fingerprint density at radius 3 is 2.97 bits per heavy atom. The van der Waals surface area contributed by atoms with Crippen LogP contribution < -0.4 is 10.1 Å². The van der Waals surface area contributed by atoms with Crippen molar-refractivity contribution >= 4 is 23.4 Å². The number of ether oxygens (including phenoxy) is 1. The van der Waals surface area contributed by atoms with Crippen molar-refractivity contribution in [3.05, 3.63) is 64.7 Å². The molecule has 1 saturated heterocycles. The zero-order chi connectivity index (χ0) is 23.4. The number of benzene rings is 1. The highest BCUT2D eigenvalue weighted by Gasteiger charge is 2.29. The molecule has 8 nitrogen and oxygen atoms in total. The van der Waals surface area contributed by atoms with Crippen molar-refractivity contribution in [2.75, 3.05) is 20.2 Å². The van der Waals surface area contributed by atoms with Crippen LogP contribution >= 0.6 is 11.6 Å². The van der Waals surface area contributed by atoms with Crippen molar-refractivity contribution < 1.29 is 18.7 Å². The lowest BCUT2D eigenvalue weighted by molar-refractivity contribution is -0.126. The molecule has 4 rings (SSSR count). The molecule has 3 aromatic rings. The van der Waals surface area contributed by atoms with Crippen LogP contribution in [0.3, 0.4) is 0 Å². The largest absolute Gasteiger partial charge is 0.481 e. The number of aromatic nitrogens is 3. The van der Waals surface area contributed by atoms with Gasteiger partial charge in [0.2, 0.25) is 11.8 Å². The lowest BCUT2D eigenvalue weighted by Crippen LogP contribution is -2.45. The summed E-state index contributed by atoms with van der Waals surface area (Å²) in [6, 6.07) is 10.2. The van der Waals surface area contributed by atoms with Gasteiger partial charge in [-0.15, -0.1) is 0 Å². The van der Waals surface area contributed by atoms with Gasteiger partial charge in [-0.1, -0.05) is 23.7 Å². The minimum absolute atomic E-state index is 0.108. The zero-order valence-electron chi connectivity index (χ0n) is 18.0. The molecule has 1 aromatic carbocycles. The SMILES string of the molecule is COc1cc(-c2cc(C(=O)N3CCCC(C(=O)NCc4cccc(Cl)c4)C3)[nH]n2)c(F)cn1. The fraction of sp³-hybridized carbons (Fsp3) is 0.304. The Kier molecular flexibility index (Phi) is 6.88. The number of hydrogen-bond acceptors (Lipinski definition) is 5. The van der Waals surface area contributed by atoms with Crippen LogP contribution in [0.5, 0.6) is 5.88 Å². The van der Waals surface area contributed by atoms with Gasteiger partial charge in [0.1, 0.15) is 5.69 Å². The molecule has 1 unspecified atom stereocenters. The van der Waals surface area contributed by atoms with E-state index in [9.17, 15) is 14.0 Å². The first kappa shape index (κ1) is 22.7. The third kappa shape index (κ3) is 5.31. The molecule has 2 amide bonds. The van der Waals surface area contributed by atoms with Gasteiger partial charge in [-0.3, -0.25) is 14.7 Å². The molecule has 0 radical (unpaired) electrons. The number of rotatable bonds is 6. The van der Waals surface area contributed by atoms with Gasteiger partial charge < -0.3 is 15.0 Å². The minimum Gasteiger partial charge on any atom is -0.481 e. The van der Waals surface area contributed by atoms with Crippen LogP contribution in [0.1, 0.15) is 28.9 Å². The molecular weight excluding hydrogens is 449 g/mol. The predicted octanol–water partition coefficient (Wildman–Crippen LogP) is 3.44. The average molecular weight is 472 g/mol. The summed E-state index contributed by atoms with van der Waals surface area (Å²) in [5, 5.41) is 10.3. The summed E-state index contributed by atoms with van der Waals surface area (Å²) >= 11 is 5.99. The van der Waals surface area contributed by atoms with E-state index < -0.39 is 5.82 Å². The molecule has 1 atom stereocenters. The first-order chi connectivity index (χ1) is 15.9. The number of pyridine rings is 1. The third-order valence-corrected chi connectivity index (χ3v) is 5.79. The number of halogens is 2. The fourth-order valence-corrected chi connectivity index (χ4v) is 4.04. The van der Waals surface area contributed by atoms with E-state index in [-0.39, 0.29) is 40.6 Å². The highest BCUT2D eigenvalue weighted by atomic mass is 35.5. The minimum atomic E-state index is -0.573. The normalized spacial score (nSPS) is 15.8. The van der Waals surface area contributed by atoms with Crippen LogP contribution in [0.2, 0.25) is 5.02 Å². The quantitative estimate of drug-likeness (QED) is 0.573. The topological polar surface area (TPSA) is 100 Å². The summed E-state index contributed by atoms with van der Waals surface area (Å²) in [7, 11) is 1.43. The van der Waals surface area contributed by atoms with Gasteiger partial charge in [0, 0.05) is 36.3 Å². The van der Waals surface area contributed by atoms with E-state index >= 15 is 0 Å². The second-order valence-electron chi connectivity index (χ2n) is 7.81. The molecule has 1 fully saturated rings. The second kappa shape index (κ2) is 9.99. The summed E-state index contributed by atoms with van der Waals surface area (Å²) in [5.74, 6) is -1.04. The number of nitrogens with zero attached hydrogens (tertiary/aromatic N) is 3. The van der Waals surface area contributed by atoms with Crippen molar-refractivity contribution in [2.45, 2.75) is 19.4 Å². The van der Waals surface area contributed by atoms with Crippen molar-refractivity contribution in [3.63, 3.8) is 0 Å². The Hall–Kier alpha value is -3.46. The second-order valence-corrected chi connectivity index (χ2v) is 8.25. The van der Waals surface area contributed by atoms with Gasteiger partial charge in [-0.25, -0.2) is 9.37 Å². The van der Waals surface area contributed by atoms with Crippen LogP contribution in [0.15, 0.2) is 42.6 Å². The van der Waals surface area contributed by atoms with Crippen molar-refractivity contribution in [2.24, 2.45) is 5.92 Å². The number of H-pyrrole nitrogens is 1.